The zero-order valence-corrected chi connectivity index (χ0v) is 23.3. The number of morpholine rings is 1. The van der Waals surface area contributed by atoms with E-state index >= 15 is 0 Å². The Hall–Kier alpha value is -3.31. The molecular weight excluding hydrogens is 622 g/mol. The SMILES string of the molecule is COOC(=O)[C@H](Cc1ccc(OC(=O)N2CCOCC2)c(Cl)c1)NC(=O)c1ccc(NS(=O)(=O)C(F)(F)F)cc1Cl. The zero-order valence-electron chi connectivity index (χ0n) is 21.0. The van der Waals surface area contributed by atoms with Crippen LogP contribution in [0.1, 0.15) is 15.9 Å². The molecule has 0 unspecified atom stereocenters. The average molecular weight is 644 g/mol. The van der Waals surface area contributed by atoms with E-state index < -0.39 is 50.3 Å². The van der Waals surface area contributed by atoms with Crippen LogP contribution in [0.3, 0.4) is 0 Å². The van der Waals surface area contributed by atoms with E-state index in [1.54, 1.807) is 0 Å². The number of carbonyl (C=O) groups is 3. The van der Waals surface area contributed by atoms with Gasteiger partial charge in [-0.05, 0) is 35.9 Å². The van der Waals surface area contributed by atoms with Gasteiger partial charge in [-0.1, -0.05) is 29.3 Å². The fraction of sp³-hybridized carbons (Fsp3) is 0.348. The van der Waals surface area contributed by atoms with Crippen LogP contribution >= 0.6 is 23.2 Å². The van der Waals surface area contributed by atoms with E-state index in [4.69, 9.17) is 32.7 Å². The maximum atomic E-state index is 12.9. The predicted molar refractivity (Wildman–Crippen MR) is 138 cm³/mol. The second-order valence-corrected chi connectivity index (χ2v) is 10.8. The lowest BCUT2D eigenvalue weighted by Gasteiger charge is -2.26. The first-order valence-corrected chi connectivity index (χ1v) is 13.7. The number of benzene rings is 2. The molecule has 2 amide bonds. The fourth-order valence-corrected chi connectivity index (χ4v) is 4.50. The van der Waals surface area contributed by atoms with Crippen LogP contribution in [-0.4, -0.2) is 76.3 Å². The molecule has 0 spiro atoms. The van der Waals surface area contributed by atoms with Gasteiger partial charge >= 0.3 is 27.6 Å². The molecule has 2 aromatic carbocycles. The first kappa shape index (κ1) is 32.2. The summed E-state index contributed by atoms with van der Waals surface area (Å²) < 4.78 is 72.3. The summed E-state index contributed by atoms with van der Waals surface area (Å²) in [6, 6.07) is 5.54. The van der Waals surface area contributed by atoms with E-state index in [0.717, 1.165) is 25.3 Å². The summed E-state index contributed by atoms with van der Waals surface area (Å²) in [6.07, 6.45) is -0.808. The van der Waals surface area contributed by atoms with Gasteiger partial charge in [0, 0.05) is 19.5 Å². The van der Waals surface area contributed by atoms with Crippen LogP contribution < -0.4 is 14.8 Å². The maximum Gasteiger partial charge on any atom is 0.516 e. The van der Waals surface area contributed by atoms with E-state index in [9.17, 15) is 36.0 Å². The van der Waals surface area contributed by atoms with Crippen LogP contribution in [-0.2, 0) is 35.8 Å². The predicted octanol–water partition coefficient (Wildman–Crippen LogP) is 3.53. The van der Waals surface area contributed by atoms with Crippen molar-refractivity contribution in [1.82, 2.24) is 10.2 Å². The van der Waals surface area contributed by atoms with Gasteiger partial charge < -0.3 is 19.7 Å². The standard InChI is InChI=1S/C23H22Cl2F3N3O9S/c1-37-40-21(33)18(11-13-2-5-19(17(25)10-13)39-22(34)31-6-8-38-9-7-31)29-20(32)15-4-3-14(12-16(15)24)30-41(35,36)23(26,27)28/h2-5,10,12,18,30H,6-9,11H2,1H3,(H,29,32)/t18-/m0/s1. The molecule has 1 fully saturated rings. The highest BCUT2D eigenvalue weighted by molar-refractivity contribution is 7.93. The van der Waals surface area contributed by atoms with Gasteiger partial charge in [-0.15, -0.1) is 0 Å². The zero-order chi connectivity index (χ0) is 30.4. The third-order valence-corrected chi connectivity index (χ3v) is 7.15. The van der Waals surface area contributed by atoms with Crippen molar-refractivity contribution in [3.8, 4) is 5.75 Å². The Bertz CT molecular complexity index is 1400. The molecule has 0 radical (unpaired) electrons. The molecule has 1 aliphatic heterocycles. The molecular formula is C23H22Cl2F3N3O9S. The van der Waals surface area contributed by atoms with Crippen LogP contribution in [0.4, 0.5) is 23.7 Å². The van der Waals surface area contributed by atoms with E-state index in [-0.39, 0.29) is 22.8 Å². The Labute approximate surface area is 241 Å². The molecule has 1 saturated heterocycles. The molecule has 0 aromatic heterocycles. The molecule has 2 aromatic rings. The minimum Gasteiger partial charge on any atom is -0.409 e. The Morgan fingerprint density at radius 3 is 2.34 bits per heavy atom. The van der Waals surface area contributed by atoms with Crippen molar-refractivity contribution in [2.24, 2.45) is 0 Å². The van der Waals surface area contributed by atoms with Gasteiger partial charge in [0.05, 0.1) is 41.6 Å². The van der Waals surface area contributed by atoms with E-state index in [2.05, 4.69) is 15.1 Å². The van der Waals surface area contributed by atoms with Gasteiger partial charge in [0.2, 0.25) is 0 Å². The Balaban J connectivity index is 1.73. The Kier molecular flexibility index (Phi) is 10.7. The number of nitrogens with one attached hydrogen (secondary N) is 2. The van der Waals surface area contributed by atoms with E-state index in [0.29, 0.717) is 31.9 Å². The number of hydrogen-bond acceptors (Lipinski definition) is 9. The summed E-state index contributed by atoms with van der Waals surface area (Å²) in [5.41, 5.74) is -6.01. The largest absolute Gasteiger partial charge is 0.516 e. The molecule has 12 nitrogen and oxygen atoms in total. The summed E-state index contributed by atoms with van der Waals surface area (Å²) >= 11 is 12.3. The van der Waals surface area contributed by atoms with Crippen molar-refractivity contribution in [3.05, 3.63) is 57.6 Å². The maximum absolute atomic E-state index is 12.9. The molecule has 3 rings (SSSR count). The Morgan fingerprint density at radius 2 is 1.76 bits per heavy atom. The van der Waals surface area contributed by atoms with Crippen molar-refractivity contribution in [1.29, 1.82) is 0 Å². The van der Waals surface area contributed by atoms with Crippen molar-refractivity contribution in [3.63, 3.8) is 0 Å². The number of amides is 2. The average Bonchev–Trinajstić information content (AvgIpc) is 2.89. The summed E-state index contributed by atoms with van der Waals surface area (Å²) in [7, 11) is -4.66. The number of nitrogens with zero attached hydrogens (tertiary/aromatic N) is 1. The smallest absolute Gasteiger partial charge is 0.409 e. The highest BCUT2D eigenvalue weighted by Crippen LogP contribution is 2.29. The number of carbonyl (C=O) groups excluding carboxylic acids is 3. The molecule has 0 bridgehead atoms. The molecule has 1 atom stereocenters. The van der Waals surface area contributed by atoms with Crippen molar-refractivity contribution >= 4 is 56.9 Å². The minimum absolute atomic E-state index is 0.0363. The van der Waals surface area contributed by atoms with Gasteiger partial charge in [-0.3, -0.25) is 14.4 Å². The first-order valence-electron chi connectivity index (χ1n) is 11.5. The van der Waals surface area contributed by atoms with Crippen molar-refractivity contribution in [2.45, 2.75) is 18.0 Å². The number of halogens is 5. The van der Waals surface area contributed by atoms with Gasteiger partial charge in [0.1, 0.15) is 6.04 Å². The third-order valence-electron chi connectivity index (χ3n) is 5.43. The van der Waals surface area contributed by atoms with Crippen molar-refractivity contribution in [2.75, 3.05) is 38.1 Å². The second kappa shape index (κ2) is 13.6. The van der Waals surface area contributed by atoms with Crippen LogP contribution in [0.5, 0.6) is 5.75 Å². The molecule has 0 aliphatic carbocycles. The lowest BCUT2D eigenvalue weighted by molar-refractivity contribution is -0.256. The van der Waals surface area contributed by atoms with Gasteiger partial charge in [0.15, 0.2) is 5.75 Å². The molecule has 0 saturated carbocycles. The summed E-state index contributed by atoms with van der Waals surface area (Å²) in [5.74, 6) is -1.91. The van der Waals surface area contributed by atoms with Gasteiger partial charge in [-0.2, -0.15) is 26.5 Å². The number of alkyl halides is 3. The highest BCUT2D eigenvalue weighted by atomic mass is 35.5. The first-order chi connectivity index (χ1) is 19.2. The number of rotatable bonds is 9. The third kappa shape index (κ3) is 8.59. The molecule has 2 N–H and O–H groups in total. The monoisotopic (exact) mass is 643 g/mol. The fourth-order valence-electron chi connectivity index (χ4n) is 3.44. The molecule has 1 heterocycles. The topological polar surface area (TPSA) is 150 Å². The molecule has 18 heteroatoms. The number of ether oxygens (including phenoxy) is 2. The number of anilines is 1. The van der Waals surface area contributed by atoms with Gasteiger partial charge in [-0.25, -0.2) is 9.59 Å². The lowest BCUT2D eigenvalue weighted by atomic mass is 10.0. The summed E-state index contributed by atoms with van der Waals surface area (Å²) in [4.78, 5) is 48.0. The quantitative estimate of drug-likeness (QED) is 0.309. The molecule has 224 valence electrons. The van der Waals surface area contributed by atoms with Crippen LogP contribution in [0.2, 0.25) is 10.0 Å². The minimum atomic E-state index is -5.72. The molecule has 41 heavy (non-hydrogen) atoms. The van der Waals surface area contributed by atoms with Crippen LogP contribution in [0.25, 0.3) is 0 Å². The van der Waals surface area contributed by atoms with Crippen LogP contribution in [0, 0.1) is 0 Å². The lowest BCUT2D eigenvalue weighted by Crippen LogP contribution is -2.43. The normalized spacial score (nSPS) is 14.6. The van der Waals surface area contributed by atoms with Crippen molar-refractivity contribution < 1.29 is 55.2 Å². The highest BCUT2D eigenvalue weighted by Gasteiger charge is 2.46. The molecule has 1 aliphatic rings. The number of sulfonamides is 1. The van der Waals surface area contributed by atoms with E-state index in [1.165, 1.54) is 27.8 Å². The second-order valence-electron chi connectivity index (χ2n) is 8.28. The number of hydrogen-bond donors (Lipinski definition) is 2. The van der Waals surface area contributed by atoms with Crippen LogP contribution in [0.15, 0.2) is 36.4 Å². The summed E-state index contributed by atoms with van der Waals surface area (Å²) in [5, 5.41) is 1.98. The van der Waals surface area contributed by atoms with E-state index in [1.807, 2.05) is 0 Å². The van der Waals surface area contributed by atoms with Gasteiger partial charge in [0.25, 0.3) is 5.91 Å². The Morgan fingerprint density at radius 1 is 1.07 bits per heavy atom. The summed E-state index contributed by atoms with van der Waals surface area (Å²) in [6.45, 7) is 1.46.